The molecule has 7 nitrogen and oxygen atoms in total. The van der Waals surface area contributed by atoms with E-state index in [0.29, 0.717) is 34.9 Å². The van der Waals surface area contributed by atoms with Crippen molar-refractivity contribution in [2.24, 2.45) is 0 Å². The Labute approximate surface area is 165 Å². The van der Waals surface area contributed by atoms with E-state index in [1.165, 1.54) is 7.11 Å². The van der Waals surface area contributed by atoms with E-state index in [9.17, 15) is 9.59 Å². The van der Waals surface area contributed by atoms with Crippen LogP contribution in [0.3, 0.4) is 0 Å². The Balaban J connectivity index is 1.54. The van der Waals surface area contributed by atoms with Crippen molar-refractivity contribution in [2.75, 3.05) is 18.6 Å². The van der Waals surface area contributed by atoms with Crippen LogP contribution in [0.1, 0.15) is 28.5 Å². The Morgan fingerprint density at radius 3 is 2.79 bits per heavy atom. The maximum atomic E-state index is 12.4. The average Bonchev–Trinajstić information content (AvgIpc) is 3.35. The van der Waals surface area contributed by atoms with Gasteiger partial charge in [0.2, 0.25) is 5.91 Å². The quantitative estimate of drug-likeness (QED) is 0.624. The van der Waals surface area contributed by atoms with Gasteiger partial charge in [0.15, 0.2) is 5.82 Å². The Morgan fingerprint density at radius 1 is 1.25 bits per heavy atom. The molecule has 1 aliphatic heterocycles. The number of anilines is 1. The molecule has 1 aromatic heterocycles. The van der Waals surface area contributed by atoms with Crippen molar-refractivity contribution in [1.29, 1.82) is 0 Å². The molecule has 4 rings (SSSR count). The van der Waals surface area contributed by atoms with Gasteiger partial charge in [-0.25, -0.2) is 4.79 Å². The first-order valence-corrected chi connectivity index (χ1v) is 9.01. The zero-order chi connectivity index (χ0) is 19.7. The lowest BCUT2D eigenvalue weighted by molar-refractivity contribution is -0.117. The van der Waals surface area contributed by atoms with E-state index in [2.05, 4.69) is 10.1 Å². The molecule has 1 fully saturated rings. The average molecular weight is 398 g/mol. The summed E-state index contributed by atoms with van der Waals surface area (Å²) < 4.78 is 10.1. The molecule has 0 radical (unpaired) electrons. The van der Waals surface area contributed by atoms with Gasteiger partial charge in [-0.1, -0.05) is 22.8 Å². The topological polar surface area (TPSA) is 85.5 Å². The van der Waals surface area contributed by atoms with E-state index >= 15 is 0 Å². The van der Waals surface area contributed by atoms with E-state index in [0.717, 1.165) is 5.69 Å². The fourth-order valence-corrected chi connectivity index (χ4v) is 3.29. The Bertz CT molecular complexity index is 1030. The van der Waals surface area contributed by atoms with E-state index in [1.54, 1.807) is 41.3 Å². The molecule has 28 heavy (non-hydrogen) atoms. The lowest BCUT2D eigenvalue weighted by Crippen LogP contribution is -2.24. The van der Waals surface area contributed by atoms with Crippen LogP contribution in [0.2, 0.25) is 5.02 Å². The van der Waals surface area contributed by atoms with Gasteiger partial charge in [0.1, 0.15) is 0 Å². The number of halogens is 1. The van der Waals surface area contributed by atoms with Crippen molar-refractivity contribution < 1.29 is 18.8 Å². The zero-order valence-electron chi connectivity index (χ0n) is 15.0. The van der Waals surface area contributed by atoms with E-state index in [1.807, 2.05) is 12.1 Å². The number of esters is 1. The van der Waals surface area contributed by atoms with Crippen molar-refractivity contribution >= 4 is 29.2 Å². The fourth-order valence-electron chi connectivity index (χ4n) is 3.17. The van der Waals surface area contributed by atoms with Crippen LogP contribution in [0, 0.1) is 0 Å². The van der Waals surface area contributed by atoms with E-state index < -0.39 is 5.97 Å². The van der Waals surface area contributed by atoms with Gasteiger partial charge in [0.05, 0.1) is 12.7 Å². The van der Waals surface area contributed by atoms with Crippen molar-refractivity contribution in [3.63, 3.8) is 0 Å². The van der Waals surface area contributed by atoms with Gasteiger partial charge >= 0.3 is 5.97 Å². The van der Waals surface area contributed by atoms with Gasteiger partial charge < -0.3 is 14.2 Å². The summed E-state index contributed by atoms with van der Waals surface area (Å²) in [6.07, 6.45) is 0.295. The van der Waals surface area contributed by atoms with Crippen LogP contribution in [0.5, 0.6) is 0 Å². The summed E-state index contributed by atoms with van der Waals surface area (Å²) in [5, 5.41) is 4.66. The molecule has 0 aliphatic carbocycles. The molecule has 0 saturated carbocycles. The molecule has 2 aromatic carbocycles. The smallest absolute Gasteiger partial charge is 0.337 e. The Morgan fingerprint density at radius 2 is 2.04 bits per heavy atom. The molecule has 1 atom stereocenters. The molecule has 2 heterocycles. The van der Waals surface area contributed by atoms with Crippen LogP contribution in [-0.2, 0) is 9.53 Å². The van der Waals surface area contributed by atoms with Gasteiger partial charge in [-0.15, -0.1) is 0 Å². The molecule has 0 spiro atoms. The van der Waals surface area contributed by atoms with Crippen LogP contribution >= 0.6 is 11.6 Å². The number of hydrogen-bond donors (Lipinski definition) is 0. The maximum Gasteiger partial charge on any atom is 0.337 e. The van der Waals surface area contributed by atoms with Gasteiger partial charge in [0.25, 0.3) is 5.89 Å². The number of nitrogens with zero attached hydrogens (tertiary/aromatic N) is 3. The summed E-state index contributed by atoms with van der Waals surface area (Å²) in [5.41, 5.74) is 1.79. The summed E-state index contributed by atoms with van der Waals surface area (Å²) >= 11 is 5.92. The summed E-state index contributed by atoms with van der Waals surface area (Å²) in [4.78, 5) is 30.3. The van der Waals surface area contributed by atoms with Crippen molar-refractivity contribution in [3.05, 3.63) is 64.9 Å². The molecule has 3 aromatic rings. The molecule has 0 N–H and O–H groups in total. The van der Waals surface area contributed by atoms with Crippen molar-refractivity contribution in [1.82, 2.24) is 10.1 Å². The number of amides is 1. The largest absolute Gasteiger partial charge is 0.465 e. The second-order valence-electron chi connectivity index (χ2n) is 6.41. The Hall–Kier alpha value is -3.19. The number of aromatic nitrogens is 2. The van der Waals surface area contributed by atoms with Crippen LogP contribution in [-0.4, -0.2) is 35.7 Å². The predicted octanol–water partition coefficient (Wildman–Crippen LogP) is 3.70. The third kappa shape index (κ3) is 3.48. The second-order valence-corrected chi connectivity index (χ2v) is 6.85. The van der Waals surface area contributed by atoms with Gasteiger partial charge in [-0.2, -0.15) is 4.98 Å². The van der Waals surface area contributed by atoms with Crippen LogP contribution in [0.4, 0.5) is 5.69 Å². The Kier molecular flexibility index (Phi) is 4.83. The monoisotopic (exact) mass is 397 g/mol. The number of ether oxygens (including phenoxy) is 1. The molecular formula is C20H16ClN3O4. The van der Waals surface area contributed by atoms with Crippen molar-refractivity contribution in [3.8, 4) is 11.5 Å². The van der Waals surface area contributed by atoms with Crippen LogP contribution in [0.15, 0.2) is 53.1 Å². The minimum absolute atomic E-state index is 0.00800. The SMILES string of the molecule is COC(=O)c1cccc(-c2nc([C@H]3CC(=O)N(c4ccc(Cl)cc4)C3)no2)c1. The number of benzene rings is 2. The van der Waals surface area contributed by atoms with Gasteiger partial charge in [-0.3, -0.25) is 4.79 Å². The maximum absolute atomic E-state index is 12.4. The summed E-state index contributed by atoms with van der Waals surface area (Å²) in [6, 6.07) is 13.9. The van der Waals surface area contributed by atoms with Crippen molar-refractivity contribution in [2.45, 2.75) is 12.3 Å². The lowest BCUT2D eigenvalue weighted by atomic mass is 10.1. The van der Waals surface area contributed by atoms with E-state index in [4.69, 9.17) is 20.9 Å². The summed E-state index contributed by atoms with van der Waals surface area (Å²) in [5.74, 6) is 0.124. The highest BCUT2D eigenvalue weighted by Gasteiger charge is 2.34. The highest BCUT2D eigenvalue weighted by atomic mass is 35.5. The standard InChI is InChI=1S/C20H16ClN3O4/c1-27-20(26)13-4-2-3-12(9-13)19-22-18(23-28-19)14-10-17(25)24(11-14)16-7-5-15(21)6-8-16/h2-9,14H,10-11H2,1H3/t14-/m0/s1. The van der Waals surface area contributed by atoms with Crippen LogP contribution in [0.25, 0.3) is 11.5 Å². The highest BCUT2D eigenvalue weighted by Crippen LogP contribution is 2.32. The molecule has 1 amide bonds. The number of rotatable bonds is 4. The fraction of sp³-hybridized carbons (Fsp3) is 0.200. The molecular weight excluding hydrogens is 382 g/mol. The van der Waals surface area contributed by atoms with Crippen LogP contribution < -0.4 is 4.90 Å². The summed E-state index contributed by atoms with van der Waals surface area (Å²) in [6.45, 7) is 0.460. The third-order valence-corrected chi connectivity index (χ3v) is 4.85. The number of carbonyl (C=O) groups is 2. The first-order valence-electron chi connectivity index (χ1n) is 8.63. The zero-order valence-corrected chi connectivity index (χ0v) is 15.7. The number of carbonyl (C=O) groups excluding carboxylic acids is 2. The van der Waals surface area contributed by atoms with Gasteiger partial charge in [-0.05, 0) is 42.5 Å². The molecule has 1 aliphatic rings. The predicted molar refractivity (Wildman–Crippen MR) is 102 cm³/mol. The molecule has 0 bridgehead atoms. The molecule has 8 heteroatoms. The van der Waals surface area contributed by atoms with E-state index in [-0.39, 0.29) is 17.7 Å². The normalized spacial score (nSPS) is 16.4. The third-order valence-electron chi connectivity index (χ3n) is 4.60. The minimum atomic E-state index is -0.443. The lowest BCUT2D eigenvalue weighted by Gasteiger charge is -2.16. The first kappa shape index (κ1) is 18.2. The first-order chi connectivity index (χ1) is 13.5. The molecule has 0 unspecified atom stereocenters. The highest BCUT2D eigenvalue weighted by molar-refractivity contribution is 6.30. The molecule has 142 valence electrons. The number of hydrogen-bond acceptors (Lipinski definition) is 6. The number of methoxy groups -OCH3 is 1. The molecule has 1 saturated heterocycles. The van der Waals surface area contributed by atoms with Gasteiger partial charge in [0, 0.05) is 35.2 Å². The second kappa shape index (κ2) is 7.44. The summed E-state index contributed by atoms with van der Waals surface area (Å²) in [7, 11) is 1.32. The minimum Gasteiger partial charge on any atom is -0.465 e.